The van der Waals surface area contributed by atoms with E-state index in [0.29, 0.717) is 12.0 Å². The van der Waals surface area contributed by atoms with Gasteiger partial charge in [0.1, 0.15) is 12.2 Å². The van der Waals surface area contributed by atoms with Crippen LogP contribution in [0.3, 0.4) is 0 Å². The van der Waals surface area contributed by atoms with Crippen molar-refractivity contribution in [3.8, 4) is 0 Å². The molecular formula is C14H23N5S. The van der Waals surface area contributed by atoms with Crippen LogP contribution in [0.1, 0.15) is 30.4 Å². The fourth-order valence-electron chi connectivity index (χ4n) is 2.15. The van der Waals surface area contributed by atoms with E-state index in [1.165, 1.54) is 5.01 Å². The Morgan fingerprint density at radius 2 is 2.15 bits per heavy atom. The predicted molar refractivity (Wildman–Crippen MR) is 82.0 cm³/mol. The molecule has 0 radical (unpaired) electrons. The maximum atomic E-state index is 4.53. The van der Waals surface area contributed by atoms with Crippen LogP contribution in [0, 0.1) is 12.8 Å². The Balaban J connectivity index is 2.01. The lowest BCUT2D eigenvalue weighted by Gasteiger charge is -2.15. The van der Waals surface area contributed by atoms with Gasteiger partial charge in [0, 0.05) is 36.5 Å². The first-order valence-corrected chi connectivity index (χ1v) is 7.91. The van der Waals surface area contributed by atoms with Crippen molar-refractivity contribution in [2.45, 2.75) is 46.2 Å². The van der Waals surface area contributed by atoms with Gasteiger partial charge in [-0.2, -0.15) is 5.10 Å². The molecule has 6 heteroatoms. The molecule has 20 heavy (non-hydrogen) atoms. The van der Waals surface area contributed by atoms with Crippen molar-refractivity contribution in [1.82, 2.24) is 25.1 Å². The summed E-state index contributed by atoms with van der Waals surface area (Å²) in [5.41, 5.74) is 1.10. The van der Waals surface area contributed by atoms with E-state index in [1.54, 1.807) is 17.7 Å². The first-order valence-electron chi connectivity index (χ1n) is 7.03. The summed E-state index contributed by atoms with van der Waals surface area (Å²) in [5, 5.41) is 11.0. The van der Waals surface area contributed by atoms with Gasteiger partial charge in [-0.25, -0.2) is 14.6 Å². The van der Waals surface area contributed by atoms with Crippen molar-refractivity contribution >= 4 is 11.3 Å². The second-order valence-corrected chi connectivity index (χ2v) is 6.47. The summed E-state index contributed by atoms with van der Waals surface area (Å²) >= 11 is 1.73. The molecule has 0 aliphatic rings. The number of rotatable bonds is 7. The van der Waals surface area contributed by atoms with E-state index in [0.717, 1.165) is 30.9 Å². The number of aryl methyl sites for hydroxylation is 1. The van der Waals surface area contributed by atoms with Crippen LogP contribution >= 0.6 is 11.3 Å². The quantitative estimate of drug-likeness (QED) is 0.849. The second-order valence-electron chi connectivity index (χ2n) is 5.53. The Hall–Kier alpha value is -1.27. The van der Waals surface area contributed by atoms with Gasteiger partial charge < -0.3 is 5.32 Å². The minimum Gasteiger partial charge on any atom is -0.316 e. The molecule has 2 heterocycles. The third kappa shape index (κ3) is 4.11. The standard InChI is InChI=1S/C14H23N5S/c1-10(2)7-19-13(16-9-17-19)5-12(15-4)6-14-18-11(3)8-20-14/h8-10,12,15H,5-7H2,1-4H3. The Morgan fingerprint density at radius 3 is 2.75 bits per heavy atom. The average Bonchev–Trinajstić information content (AvgIpc) is 2.98. The highest BCUT2D eigenvalue weighted by Gasteiger charge is 2.15. The molecule has 0 spiro atoms. The molecule has 1 atom stereocenters. The Bertz CT molecular complexity index is 531. The summed E-state index contributed by atoms with van der Waals surface area (Å²) in [6.45, 7) is 7.34. The molecule has 1 N–H and O–H groups in total. The van der Waals surface area contributed by atoms with Crippen molar-refractivity contribution in [2.24, 2.45) is 5.92 Å². The molecule has 110 valence electrons. The zero-order valence-electron chi connectivity index (χ0n) is 12.6. The summed E-state index contributed by atoms with van der Waals surface area (Å²) in [6.07, 6.45) is 3.46. The lowest BCUT2D eigenvalue weighted by molar-refractivity contribution is 0.447. The van der Waals surface area contributed by atoms with Gasteiger partial charge in [0.25, 0.3) is 0 Å². The van der Waals surface area contributed by atoms with Crippen molar-refractivity contribution in [1.29, 1.82) is 0 Å². The fourth-order valence-corrected chi connectivity index (χ4v) is 3.00. The van der Waals surface area contributed by atoms with Gasteiger partial charge in [-0.05, 0) is 19.9 Å². The summed E-state index contributed by atoms with van der Waals surface area (Å²) < 4.78 is 2.02. The van der Waals surface area contributed by atoms with E-state index >= 15 is 0 Å². The van der Waals surface area contributed by atoms with Crippen molar-refractivity contribution in [2.75, 3.05) is 7.05 Å². The van der Waals surface area contributed by atoms with E-state index < -0.39 is 0 Å². The van der Waals surface area contributed by atoms with Gasteiger partial charge in [0.05, 0.1) is 5.01 Å². The SMILES string of the molecule is CNC(Cc1nc(C)cs1)Cc1ncnn1CC(C)C. The predicted octanol–water partition coefficient (Wildman–Crippen LogP) is 2.07. The first-order chi connectivity index (χ1) is 9.58. The first kappa shape index (κ1) is 15.1. The topological polar surface area (TPSA) is 55.6 Å². The van der Waals surface area contributed by atoms with Crippen molar-refractivity contribution in [3.05, 3.63) is 28.2 Å². The molecule has 0 aliphatic heterocycles. The molecule has 2 rings (SSSR count). The maximum Gasteiger partial charge on any atom is 0.138 e. The van der Waals surface area contributed by atoms with Crippen LogP contribution in [0.25, 0.3) is 0 Å². The van der Waals surface area contributed by atoms with Gasteiger partial charge in [0.2, 0.25) is 0 Å². The van der Waals surface area contributed by atoms with E-state index in [9.17, 15) is 0 Å². The molecule has 0 aliphatic carbocycles. The van der Waals surface area contributed by atoms with Crippen LogP contribution in [0.5, 0.6) is 0 Å². The monoisotopic (exact) mass is 293 g/mol. The van der Waals surface area contributed by atoms with Crippen LogP contribution in [0.2, 0.25) is 0 Å². The number of aromatic nitrogens is 4. The van der Waals surface area contributed by atoms with Crippen molar-refractivity contribution < 1.29 is 0 Å². The third-order valence-electron chi connectivity index (χ3n) is 3.16. The number of thiazole rings is 1. The number of hydrogen-bond acceptors (Lipinski definition) is 5. The van der Waals surface area contributed by atoms with Gasteiger partial charge in [-0.15, -0.1) is 11.3 Å². The fraction of sp³-hybridized carbons (Fsp3) is 0.643. The number of likely N-dealkylation sites (N-methyl/N-ethyl adjacent to an activating group) is 1. The number of nitrogens with one attached hydrogen (secondary N) is 1. The molecule has 0 saturated heterocycles. The molecule has 0 fully saturated rings. The van der Waals surface area contributed by atoms with Gasteiger partial charge in [0.15, 0.2) is 0 Å². The number of nitrogens with zero attached hydrogens (tertiary/aromatic N) is 4. The van der Waals surface area contributed by atoms with E-state index in [2.05, 4.69) is 39.6 Å². The maximum absolute atomic E-state index is 4.53. The highest BCUT2D eigenvalue weighted by Crippen LogP contribution is 2.13. The molecule has 0 amide bonds. The summed E-state index contributed by atoms with van der Waals surface area (Å²) in [4.78, 5) is 8.93. The molecule has 0 aromatic carbocycles. The Kier molecular flexibility index (Phi) is 5.25. The van der Waals surface area contributed by atoms with Crippen LogP contribution < -0.4 is 5.32 Å². The second kappa shape index (κ2) is 6.95. The molecule has 0 saturated carbocycles. The minimum absolute atomic E-state index is 0.343. The van der Waals surface area contributed by atoms with E-state index in [-0.39, 0.29) is 0 Å². The van der Waals surface area contributed by atoms with Crippen LogP contribution in [-0.4, -0.2) is 32.8 Å². The van der Waals surface area contributed by atoms with Crippen LogP contribution in [-0.2, 0) is 19.4 Å². The normalized spacial score (nSPS) is 13.1. The molecule has 2 aromatic heterocycles. The summed E-state index contributed by atoms with van der Waals surface area (Å²) in [6, 6.07) is 0.343. The Labute approximate surface area is 124 Å². The van der Waals surface area contributed by atoms with Crippen LogP contribution in [0.4, 0.5) is 0 Å². The van der Waals surface area contributed by atoms with Gasteiger partial charge >= 0.3 is 0 Å². The van der Waals surface area contributed by atoms with Gasteiger partial charge in [-0.3, -0.25) is 0 Å². The highest BCUT2D eigenvalue weighted by atomic mass is 32.1. The summed E-state index contributed by atoms with van der Waals surface area (Å²) in [7, 11) is 1.99. The summed E-state index contributed by atoms with van der Waals surface area (Å²) in [5.74, 6) is 1.62. The highest BCUT2D eigenvalue weighted by molar-refractivity contribution is 7.09. The minimum atomic E-state index is 0.343. The smallest absolute Gasteiger partial charge is 0.138 e. The Morgan fingerprint density at radius 1 is 1.35 bits per heavy atom. The number of hydrogen-bond donors (Lipinski definition) is 1. The average molecular weight is 293 g/mol. The molecule has 0 bridgehead atoms. The molecular weight excluding hydrogens is 270 g/mol. The van der Waals surface area contributed by atoms with E-state index in [1.807, 2.05) is 18.7 Å². The largest absolute Gasteiger partial charge is 0.316 e. The van der Waals surface area contributed by atoms with Gasteiger partial charge in [-0.1, -0.05) is 13.8 Å². The molecule has 1 unspecified atom stereocenters. The lowest BCUT2D eigenvalue weighted by Crippen LogP contribution is -2.31. The zero-order chi connectivity index (χ0) is 14.5. The molecule has 2 aromatic rings. The lowest BCUT2D eigenvalue weighted by atomic mass is 10.1. The zero-order valence-corrected chi connectivity index (χ0v) is 13.4. The third-order valence-corrected chi connectivity index (χ3v) is 4.15. The molecule has 5 nitrogen and oxygen atoms in total. The van der Waals surface area contributed by atoms with Crippen LogP contribution in [0.15, 0.2) is 11.7 Å². The van der Waals surface area contributed by atoms with Crippen molar-refractivity contribution in [3.63, 3.8) is 0 Å². The van der Waals surface area contributed by atoms with E-state index in [4.69, 9.17) is 0 Å².